The van der Waals surface area contributed by atoms with Crippen LogP contribution in [0.3, 0.4) is 0 Å². The van der Waals surface area contributed by atoms with E-state index in [0.29, 0.717) is 10.9 Å². The van der Waals surface area contributed by atoms with Gasteiger partial charge in [-0.1, -0.05) is 12.1 Å². The fourth-order valence-electron chi connectivity index (χ4n) is 3.83. The average Bonchev–Trinajstić information content (AvgIpc) is 3.23. The predicted octanol–water partition coefficient (Wildman–Crippen LogP) is 1.09. The summed E-state index contributed by atoms with van der Waals surface area (Å²) in [4.78, 5) is 60.5. The summed E-state index contributed by atoms with van der Waals surface area (Å²) < 4.78 is 24.2. The molecule has 36 heavy (non-hydrogen) atoms. The Morgan fingerprint density at radius 3 is 2.11 bits per heavy atom. The summed E-state index contributed by atoms with van der Waals surface area (Å²) in [6.45, 7) is 6.03. The first-order valence-corrected chi connectivity index (χ1v) is 11.1. The number of benzene rings is 1. The lowest BCUT2D eigenvalue weighted by molar-refractivity contribution is -0.190. The zero-order chi connectivity index (χ0) is 26.6. The van der Waals surface area contributed by atoms with Crippen LogP contribution in [0.4, 0.5) is 0 Å². The molecule has 192 valence electrons. The number of carbonyl (C=O) groups excluding carboxylic acids is 4. The molecular weight excluding hydrogens is 476 g/mol. The van der Waals surface area contributed by atoms with Crippen molar-refractivity contribution in [2.45, 2.75) is 59.5 Å². The second-order valence-corrected chi connectivity index (χ2v) is 7.81. The van der Waals surface area contributed by atoms with E-state index in [0.717, 1.165) is 27.7 Å². The Bertz CT molecular complexity index is 1380. The molecule has 0 unspecified atom stereocenters. The molecule has 0 N–H and O–H groups in total. The van der Waals surface area contributed by atoms with Crippen molar-refractivity contribution in [2.75, 3.05) is 6.61 Å². The van der Waals surface area contributed by atoms with E-state index in [4.69, 9.17) is 18.9 Å². The predicted molar refractivity (Wildman–Crippen MR) is 123 cm³/mol. The lowest BCUT2D eigenvalue weighted by atomic mass is 10.1. The maximum absolute atomic E-state index is 13.0. The fraction of sp³-hybridized carbons (Fsp3) is 0.435. The summed E-state index contributed by atoms with van der Waals surface area (Å²) in [5, 5.41) is 8.65. The Morgan fingerprint density at radius 1 is 0.889 bits per heavy atom. The van der Waals surface area contributed by atoms with Crippen LogP contribution in [0.2, 0.25) is 0 Å². The SMILES string of the molecule is CCn1c(=O)c2ccccc2n2c([C@@H](OC(C)=O)[C@H](OC(C)=O)[C@@H](COC(C)=O)OC(C)=O)nnc12. The van der Waals surface area contributed by atoms with Gasteiger partial charge in [0, 0.05) is 34.2 Å². The number of rotatable bonds is 9. The zero-order valence-electron chi connectivity index (χ0n) is 20.4. The minimum Gasteiger partial charge on any atom is -0.462 e. The van der Waals surface area contributed by atoms with Crippen LogP contribution in [0.25, 0.3) is 16.7 Å². The van der Waals surface area contributed by atoms with E-state index in [1.807, 2.05) is 0 Å². The van der Waals surface area contributed by atoms with Crippen molar-refractivity contribution in [1.82, 2.24) is 19.2 Å². The van der Waals surface area contributed by atoms with Gasteiger partial charge in [-0.15, -0.1) is 10.2 Å². The Hall–Kier alpha value is -4.29. The van der Waals surface area contributed by atoms with Gasteiger partial charge in [-0.25, -0.2) is 0 Å². The number of nitrogens with zero attached hydrogens (tertiary/aromatic N) is 4. The first-order valence-electron chi connectivity index (χ1n) is 11.1. The third-order valence-corrected chi connectivity index (χ3v) is 5.13. The van der Waals surface area contributed by atoms with Crippen LogP contribution in [0.15, 0.2) is 29.1 Å². The molecule has 1 aromatic carbocycles. The van der Waals surface area contributed by atoms with Crippen molar-refractivity contribution in [2.24, 2.45) is 0 Å². The molecule has 0 saturated heterocycles. The normalized spacial score (nSPS) is 13.6. The molecule has 0 amide bonds. The Balaban J connectivity index is 2.31. The summed E-state index contributed by atoms with van der Waals surface area (Å²) >= 11 is 0. The maximum atomic E-state index is 13.0. The van der Waals surface area contributed by atoms with Crippen LogP contribution in [0.5, 0.6) is 0 Å². The van der Waals surface area contributed by atoms with Crippen molar-refractivity contribution < 1.29 is 38.1 Å². The molecule has 13 nitrogen and oxygen atoms in total. The van der Waals surface area contributed by atoms with Gasteiger partial charge in [0.15, 0.2) is 18.0 Å². The molecule has 0 saturated carbocycles. The molecular formula is C23H26N4O9. The minimum absolute atomic E-state index is 0.00942. The summed E-state index contributed by atoms with van der Waals surface area (Å²) in [5.41, 5.74) is 0.109. The molecule has 0 aliphatic rings. The van der Waals surface area contributed by atoms with Crippen LogP contribution >= 0.6 is 0 Å². The van der Waals surface area contributed by atoms with Gasteiger partial charge in [0.25, 0.3) is 5.56 Å². The van der Waals surface area contributed by atoms with Crippen LogP contribution in [0, 0.1) is 0 Å². The average molecular weight is 502 g/mol. The van der Waals surface area contributed by atoms with Crippen molar-refractivity contribution in [3.63, 3.8) is 0 Å². The number of esters is 4. The van der Waals surface area contributed by atoms with E-state index in [2.05, 4.69) is 10.2 Å². The van der Waals surface area contributed by atoms with Gasteiger partial charge in [-0.05, 0) is 19.1 Å². The number of carbonyl (C=O) groups is 4. The van der Waals surface area contributed by atoms with E-state index in [1.54, 1.807) is 31.2 Å². The monoisotopic (exact) mass is 502 g/mol. The number of aryl methyl sites for hydroxylation is 1. The van der Waals surface area contributed by atoms with E-state index in [1.165, 1.54) is 8.97 Å². The third kappa shape index (κ3) is 5.50. The standard InChI is InChI=1S/C23H26N4O9/c1-6-26-22(32)16-9-7-8-10-17(16)27-21(24-25-23(26)27)20(36-15(5)31)19(35-14(4)30)18(34-13(3)29)11-33-12(2)28/h7-10,18-20H,6,11H2,1-5H3/t18-,19-,20+/m1/s1. The highest BCUT2D eigenvalue weighted by molar-refractivity contribution is 5.80. The van der Waals surface area contributed by atoms with Gasteiger partial charge in [0.1, 0.15) is 6.61 Å². The highest BCUT2D eigenvalue weighted by Gasteiger charge is 2.42. The number of aromatic nitrogens is 4. The van der Waals surface area contributed by atoms with Crippen LogP contribution in [-0.4, -0.2) is 61.9 Å². The topological polar surface area (TPSA) is 157 Å². The molecule has 3 rings (SSSR count). The Morgan fingerprint density at radius 2 is 1.53 bits per heavy atom. The Labute approximate surface area is 204 Å². The van der Waals surface area contributed by atoms with Crippen LogP contribution in [-0.2, 0) is 44.7 Å². The zero-order valence-corrected chi connectivity index (χ0v) is 20.4. The molecule has 0 aliphatic carbocycles. The summed E-state index contributed by atoms with van der Waals surface area (Å²) in [6, 6.07) is 6.68. The lowest BCUT2D eigenvalue weighted by Crippen LogP contribution is -2.44. The second-order valence-electron chi connectivity index (χ2n) is 7.81. The number of fused-ring (bicyclic) bond motifs is 3. The van der Waals surface area contributed by atoms with E-state index in [9.17, 15) is 24.0 Å². The second kappa shape index (κ2) is 11.0. The van der Waals surface area contributed by atoms with E-state index in [-0.39, 0.29) is 23.7 Å². The van der Waals surface area contributed by atoms with Crippen molar-refractivity contribution in [3.05, 3.63) is 40.4 Å². The largest absolute Gasteiger partial charge is 0.462 e. The van der Waals surface area contributed by atoms with Crippen LogP contribution in [0.1, 0.15) is 46.5 Å². The molecule has 3 aromatic rings. The smallest absolute Gasteiger partial charge is 0.303 e. The van der Waals surface area contributed by atoms with Crippen molar-refractivity contribution >= 4 is 40.6 Å². The molecule has 2 aromatic heterocycles. The summed E-state index contributed by atoms with van der Waals surface area (Å²) in [7, 11) is 0. The molecule has 0 aliphatic heterocycles. The van der Waals surface area contributed by atoms with Gasteiger partial charge in [-0.2, -0.15) is 0 Å². The summed E-state index contributed by atoms with van der Waals surface area (Å²) in [6.07, 6.45) is -4.31. The van der Waals surface area contributed by atoms with Gasteiger partial charge in [0.05, 0.1) is 10.9 Å². The van der Waals surface area contributed by atoms with E-state index >= 15 is 0 Å². The molecule has 0 spiro atoms. The molecule has 0 fully saturated rings. The molecule has 0 radical (unpaired) electrons. The quantitative estimate of drug-likeness (QED) is 0.305. The number of hydrogen-bond donors (Lipinski definition) is 0. The number of hydrogen-bond acceptors (Lipinski definition) is 11. The summed E-state index contributed by atoms with van der Waals surface area (Å²) in [5.74, 6) is -2.85. The third-order valence-electron chi connectivity index (χ3n) is 5.13. The minimum atomic E-state index is -1.48. The Kier molecular flexibility index (Phi) is 8.02. The maximum Gasteiger partial charge on any atom is 0.303 e. The molecule has 13 heteroatoms. The van der Waals surface area contributed by atoms with Gasteiger partial charge in [0.2, 0.25) is 11.9 Å². The molecule has 3 atom stereocenters. The molecule has 2 heterocycles. The van der Waals surface area contributed by atoms with Crippen LogP contribution < -0.4 is 5.56 Å². The molecule has 0 bridgehead atoms. The van der Waals surface area contributed by atoms with Crippen molar-refractivity contribution in [3.8, 4) is 0 Å². The van der Waals surface area contributed by atoms with Crippen molar-refractivity contribution in [1.29, 1.82) is 0 Å². The number of para-hydroxylation sites is 1. The van der Waals surface area contributed by atoms with Gasteiger partial charge >= 0.3 is 23.9 Å². The first kappa shape index (κ1) is 26.3. The lowest BCUT2D eigenvalue weighted by Gasteiger charge is -2.30. The highest BCUT2D eigenvalue weighted by atomic mass is 16.6. The highest BCUT2D eigenvalue weighted by Crippen LogP contribution is 2.29. The number of ether oxygens (including phenoxy) is 4. The fourth-order valence-corrected chi connectivity index (χ4v) is 3.83. The van der Waals surface area contributed by atoms with Gasteiger partial charge in [-0.3, -0.25) is 32.9 Å². The van der Waals surface area contributed by atoms with Gasteiger partial charge < -0.3 is 18.9 Å². The first-order chi connectivity index (χ1) is 17.0. The van der Waals surface area contributed by atoms with E-state index < -0.39 is 48.8 Å².